The Morgan fingerprint density at radius 1 is 1.00 bits per heavy atom. The summed E-state index contributed by atoms with van der Waals surface area (Å²) in [5, 5.41) is 2.97. The summed E-state index contributed by atoms with van der Waals surface area (Å²) >= 11 is 0. The molecule has 1 aliphatic heterocycles. The molecule has 1 heterocycles. The molecule has 0 saturated carbocycles. The first-order chi connectivity index (χ1) is 17.0. The van der Waals surface area contributed by atoms with Crippen molar-refractivity contribution in [3.63, 3.8) is 0 Å². The lowest BCUT2D eigenvalue weighted by atomic mass is 10.1. The van der Waals surface area contributed by atoms with Gasteiger partial charge in [0.15, 0.2) is 0 Å². The molecule has 182 valence electrons. The summed E-state index contributed by atoms with van der Waals surface area (Å²) in [4.78, 5) is 29.5. The van der Waals surface area contributed by atoms with Gasteiger partial charge in [0, 0.05) is 37.4 Å². The molecule has 4 rings (SSSR count). The van der Waals surface area contributed by atoms with Gasteiger partial charge in [-0.2, -0.15) is 0 Å². The van der Waals surface area contributed by atoms with E-state index in [2.05, 4.69) is 5.32 Å². The van der Waals surface area contributed by atoms with Gasteiger partial charge in [-0.25, -0.2) is 0 Å². The van der Waals surface area contributed by atoms with E-state index < -0.39 is 0 Å². The van der Waals surface area contributed by atoms with Crippen LogP contribution in [0.15, 0.2) is 78.9 Å². The topological polar surface area (TPSA) is 87.9 Å². The minimum atomic E-state index is -0.160. The van der Waals surface area contributed by atoms with E-state index >= 15 is 0 Å². The summed E-state index contributed by atoms with van der Waals surface area (Å²) in [7, 11) is 0. The van der Waals surface area contributed by atoms with Crippen LogP contribution >= 0.6 is 0 Å². The van der Waals surface area contributed by atoms with Crippen molar-refractivity contribution in [2.75, 3.05) is 31.1 Å². The summed E-state index contributed by atoms with van der Waals surface area (Å²) in [6, 6.07) is 25.0. The molecule has 1 aliphatic rings. The van der Waals surface area contributed by atoms with Crippen molar-refractivity contribution in [3.05, 3.63) is 90.0 Å². The molecule has 0 radical (unpaired) electrons. The number of carbonyl (C=O) groups is 2. The van der Waals surface area contributed by atoms with Gasteiger partial charge in [-0.1, -0.05) is 54.1 Å². The number of carbonyl (C=O) groups excluding carboxylic acids is 2. The number of ether oxygens (including phenoxy) is 1. The zero-order chi connectivity index (χ0) is 24.6. The Labute approximate surface area is 206 Å². The average Bonchev–Trinajstić information content (AvgIpc) is 3.30. The van der Waals surface area contributed by atoms with E-state index in [1.54, 1.807) is 9.80 Å². The Balaban J connectivity index is 1.48. The van der Waals surface area contributed by atoms with Gasteiger partial charge in [0.05, 0.1) is 13.1 Å². The number of nitrogens with two attached hydrogens (primary N) is 1. The monoisotopic (exact) mass is 472 g/mol. The van der Waals surface area contributed by atoms with Crippen LogP contribution in [-0.4, -0.2) is 48.9 Å². The molecule has 1 unspecified atom stereocenters. The largest absolute Gasteiger partial charge is 0.457 e. The molecule has 0 bridgehead atoms. The Bertz CT molecular complexity index is 1150. The molecule has 7 nitrogen and oxygen atoms in total. The third-order valence-electron chi connectivity index (χ3n) is 5.97. The number of hydrogen-bond acceptors (Lipinski definition) is 5. The lowest BCUT2D eigenvalue weighted by Crippen LogP contribution is -2.44. The van der Waals surface area contributed by atoms with Crippen molar-refractivity contribution in [2.45, 2.75) is 25.9 Å². The number of rotatable bonds is 9. The molecule has 0 aliphatic carbocycles. The van der Waals surface area contributed by atoms with E-state index in [1.165, 1.54) is 0 Å². The number of aryl methyl sites for hydroxylation is 1. The van der Waals surface area contributed by atoms with Crippen LogP contribution < -0.4 is 20.7 Å². The van der Waals surface area contributed by atoms with Crippen LogP contribution in [0.1, 0.15) is 17.5 Å². The highest BCUT2D eigenvalue weighted by atomic mass is 16.5. The third kappa shape index (κ3) is 7.07. The lowest BCUT2D eigenvalue weighted by Gasteiger charge is -2.27. The zero-order valence-electron chi connectivity index (χ0n) is 20.0. The molecule has 1 saturated heterocycles. The predicted octanol–water partition coefficient (Wildman–Crippen LogP) is 3.47. The van der Waals surface area contributed by atoms with Crippen LogP contribution in [0.25, 0.3) is 0 Å². The minimum absolute atomic E-state index is 0.00706. The van der Waals surface area contributed by atoms with Gasteiger partial charge >= 0.3 is 0 Å². The van der Waals surface area contributed by atoms with Gasteiger partial charge in [0.1, 0.15) is 11.5 Å². The molecule has 7 heteroatoms. The molecule has 1 fully saturated rings. The van der Waals surface area contributed by atoms with E-state index in [9.17, 15) is 9.59 Å². The Kier molecular flexibility index (Phi) is 8.00. The van der Waals surface area contributed by atoms with E-state index in [4.69, 9.17) is 10.5 Å². The summed E-state index contributed by atoms with van der Waals surface area (Å²) in [6.07, 6.45) is 0.795. The molecular formula is C28H32N4O3. The molecular weight excluding hydrogens is 440 g/mol. The van der Waals surface area contributed by atoms with Gasteiger partial charge < -0.3 is 25.6 Å². The highest BCUT2D eigenvalue weighted by Gasteiger charge is 2.26. The maximum atomic E-state index is 13.0. The smallest absolute Gasteiger partial charge is 0.242 e. The Hall–Kier alpha value is -3.84. The fraction of sp³-hybridized carbons (Fsp3) is 0.286. The van der Waals surface area contributed by atoms with Crippen molar-refractivity contribution < 1.29 is 14.3 Å². The standard InChI is InChI=1S/C28H32N4O3/c1-21-7-5-8-22(15-21)17-30-27(33)19-32(20-28(34)31-14-13-23(29)18-31)24-9-6-12-26(16-24)35-25-10-3-2-4-11-25/h2-12,15-16,23H,13-14,17-20,29H2,1H3,(H,30,33). The molecule has 35 heavy (non-hydrogen) atoms. The van der Waals surface area contributed by atoms with Crippen LogP contribution in [0.5, 0.6) is 11.5 Å². The highest BCUT2D eigenvalue weighted by molar-refractivity contribution is 5.86. The minimum Gasteiger partial charge on any atom is -0.457 e. The lowest BCUT2D eigenvalue weighted by molar-refractivity contribution is -0.128. The molecule has 2 amide bonds. The number of para-hydroxylation sites is 1. The SMILES string of the molecule is Cc1cccc(CNC(=O)CN(CC(=O)N2CCC(N)C2)c2cccc(Oc3ccccc3)c2)c1. The molecule has 0 aromatic heterocycles. The van der Waals surface area contributed by atoms with Crippen molar-refractivity contribution in [3.8, 4) is 11.5 Å². The first kappa shape index (κ1) is 24.3. The van der Waals surface area contributed by atoms with Gasteiger partial charge in [-0.3, -0.25) is 9.59 Å². The highest BCUT2D eigenvalue weighted by Crippen LogP contribution is 2.26. The van der Waals surface area contributed by atoms with Crippen LogP contribution in [-0.2, 0) is 16.1 Å². The average molecular weight is 473 g/mol. The summed E-state index contributed by atoms with van der Waals surface area (Å²) < 4.78 is 5.97. The second kappa shape index (κ2) is 11.5. The van der Waals surface area contributed by atoms with E-state index in [1.807, 2.05) is 85.8 Å². The number of hydrogen-bond donors (Lipinski definition) is 2. The Morgan fingerprint density at radius 2 is 1.77 bits per heavy atom. The first-order valence-corrected chi connectivity index (χ1v) is 11.9. The predicted molar refractivity (Wildman–Crippen MR) is 137 cm³/mol. The van der Waals surface area contributed by atoms with E-state index in [-0.39, 0.29) is 30.9 Å². The van der Waals surface area contributed by atoms with Gasteiger partial charge in [-0.05, 0) is 43.2 Å². The maximum absolute atomic E-state index is 13.0. The van der Waals surface area contributed by atoms with E-state index in [0.717, 1.165) is 23.2 Å². The normalized spacial score (nSPS) is 15.0. The van der Waals surface area contributed by atoms with Crippen LogP contribution in [0.4, 0.5) is 5.69 Å². The number of nitrogens with zero attached hydrogens (tertiary/aromatic N) is 2. The third-order valence-corrected chi connectivity index (χ3v) is 5.97. The number of likely N-dealkylation sites (tertiary alicyclic amines) is 1. The quantitative estimate of drug-likeness (QED) is 0.498. The fourth-order valence-corrected chi connectivity index (χ4v) is 4.14. The molecule has 3 aromatic carbocycles. The van der Waals surface area contributed by atoms with Crippen LogP contribution in [0, 0.1) is 6.92 Å². The molecule has 3 aromatic rings. The summed E-state index contributed by atoms with van der Waals surface area (Å²) in [5.74, 6) is 1.15. The molecule has 3 N–H and O–H groups in total. The number of amides is 2. The fourth-order valence-electron chi connectivity index (χ4n) is 4.14. The van der Waals surface area contributed by atoms with Gasteiger partial charge in [0.25, 0.3) is 0 Å². The van der Waals surface area contributed by atoms with Crippen molar-refractivity contribution in [1.82, 2.24) is 10.2 Å². The van der Waals surface area contributed by atoms with Crippen molar-refractivity contribution in [2.24, 2.45) is 5.73 Å². The summed E-state index contributed by atoms with van der Waals surface area (Å²) in [5.41, 5.74) is 8.91. The zero-order valence-corrected chi connectivity index (χ0v) is 20.0. The van der Waals surface area contributed by atoms with Crippen molar-refractivity contribution in [1.29, 1.82) is 0 Å². The number of benzene rings is 3. The first-order valence-electron chi connectivity index (χ1n) is 11.9. The van der Waals surface area contributed by atoms with Gasteiger partial charge in [-0.15, -0.1) is 0 Å². The van der Waals surface area contributed by atoms with Gasteiger partial charge in [0.2, 0.25) is 11.8 Å². The Morgan fingerprint density at radius 3 is 2.51 bits per heavy atom. The van der Waals surface area contributed by atoms with Crippen LogP contribution in [0.3, 0.4) is 0 Å². The van der Waals surface area contributed by atoms with E-state index in [0.29, 0.717) is 31.1 Å². The second-order valence-corrected chi connectivity index (χ2v) is 8.92. The number of nitrogens with one attached hydrogen (secondary N) is 1. The summed E-state index contributed by atoms with van der Waals surface area (Å²) in [6.45, 7) is 3.77. The molecule has 0 spiro atoms. The van der Waals surface area contributed by atoms with Crippen LogP contribution in [0.2, 0.25) is 0 Å². The second-order valence-electron chi connectivity index (χ2n) is 8.92. The maximum Gasteiger partial charge on any atom is 0.242 e. The number of anilines is 1. The van der Waals surface area contributed by atoms with Crippen molar-refractivity contribution >= 4 is 17.5 Å². The molecule has 1 atom stereocenters.